The molecule has 6 aromatic heterocycles. The maximum absolute atomic E-state index is 5.49. The number of hydrogen-bond donors (Lipinski definition) is 2. The summed E-state index contributed by atoms with van der Waals surface area (Å²) in [5.74, 6) is 0. The second-order valence-electron chi connectivity index (χ2n) is 15.7. The molecule has 0 spiro atoms. The van der Waals surface area contributed by atoms with Crippen LogP contribution in [-0.4, -0.2) is 39.9 Å². The highest BCUT2D eigenvalue weighted by atomic mass is 14.9. The van der Waals surface area contributed by atoms with Gasteiger partial charge in [0.1, 0.15) is 11.4 Å². The Labute approximate surface area is 368 Å². The fourth-order valence-corrected chi connectivity index (χ4v) is 8.81. The van der Waals surface area contributed by atoms with Gasteiger partial charge in [0.25, 0.3) is 0 Å². The lowest BCUT2D eigenvalue weighted by Gasteiger charge is -2.11. The average molecular weight is 821 g/mol. The zero-order valence-corrected chi connectivity index (χ0v) is 34.3. The molecule has 0 amide bonds. The molecule has 8 heterocycles. The molecule has 2 N–H and O–H groups in total. The largest absolute Gasteiger partial charge is 0.354 e. The Morgan fingerprint density at radius 3 is 1.06 bits per heavy atom. The molecule has 0 saturated carbocycles. The van der Waals surface area contributed by atoms with E-state index in [4.69, 9.17) is 19.9 Å². The monoisotopic (exact) mass is 820 g/mol. The van der Waals surface area contributed by atoms with Crippen LogP contribution in [0.1, 0.15) is 22.8 Å². The second kappa shape index (κ2) is 15.5. The van der Waals surface area contributed by atoms with E-state index in [1.807, 2.05) is 60.7 Å². The van der Waals surface area contributed by atoms with Crippen LogP contribution in [0.3, 0.4) is 0 Å². The predicted octanol–water partition coefficient (Wildman–Crippen LogP) is 13.4. The Balaban J connectivity index is 1.19. The lowest BCUT2D eigenvalue weighted by atomic mass is 10.0. The van der Waals surface area contributed by atoms with Crippen molar-refractivity contribution >= 4 is 57.4 Å². The number of nitrogens with one attached hydrogen (secondary N) is 2. The minimum atomic E-state index is 0.659. The van der Waals surface area contributed by atoms with E-state index in [1.165, 1.54) is 0 Å². The zero-order chi connectivity index (χ0) is 42.4. The number of aromatic nitrogens is 8. The molecule has 8 bridgehead atoms. The maximum Gasteiger partial charge on any atom is 0.117 e. The molecule has 2 aliphatic heterocycles. The van der Waals surface area contributed by atoms with Gasteiger partial charge < -0.3 is 9.97 Å². The van der Waals surface area contributed by atoms with Crippen molar-refractivity contribution in [2.24, 2.45) is 0 Å². The van der Waals surface area contributed by atoms with Gasteiger partial charge in [0.05, 0.1) is 45.2 Å². The van der Waals surface area contributed by atoms with Gasteiger partial charge in [-0.2, -0.15) is 0 Å². The van der Waals surface area contributed by atoms with Crippen LogP contribution in [0, 0.1) is 0 Å². The van der Waals surface area contributed by atoms with Gasteiger partial charge >= 0.3 is 0 Å². The standard InChI is InChI=1S/C56H36N8/c1-4-14-35(15-5-1)51-40-24-26-42(59-40)52(36-16-6-2-7-17-36)44-28-30-46(61-44)54(47-31-29-45(62-47)53(37-18-8-3-9-19-37)43-27-25-41(51)60-43)38-22-23-39-50(34-38)64-56(49-21-11-13-33-58-49)55(63-39)48-20-10-12-32-57-48/h1-34,59,62H. The second-order valence-corrected chi connectivity index (χ2v) is 15.7. The summed E-state index contributed by atoms with van der Waals surface area (Å²) < 4.78 is 0. The van der Waals surface area contributed by atoms with E-state index in [0.717, 1.165) is 112 Å². The maximum atomic E-state index is 5.49. The van der Waals surface area contributed by atoms with E-state index in [1.54, 1.807) is 12.4 Å². The van der Waals surface area contributed by atoms with Gasteiger partial charge in [-0.05, 0) is 107 Å². The fourth-order valence-electron chi connectivity index (χ4n) is 8.81. The number of nitrogens with zero attached hydrogens (tertiary/aromatic N) is 6. The van der Waals surface area contributed by atoms with Gasteiger partial charge in [0.15, 0.2) is 0 Å². The minimum absolute atomic E-state index is 0.659. The van der Waals surface area contributed by atoms with Crippen molar-refractivity contribution < 1.29 is 0 Å². The summed E-state index contributed by atoms with van der Waals surface area (Å²) in [6.45, 7) is 0. The third-order valence-electron chi connectivity index (χ3n) is 11.7. The Morgan fingerprint density at radius 1 is 0.297 bits per heavy atom. The van der Waals surface area contributed by atoms with Crippen molar-refractivity contribution in [3.63, 3.8) is 0 Å². The highest BCUT2D eigenvalue weighted by Crippen LogP contribution is 2.39. The quantitative estimate of drug-likeness (QED) is 0.173. The molecule has 0 aliphatic carbocycles. The first-order valence-electron chi connectivity index (χ1n) is 21.2. The number of hydrogen-bond acceptors (Lipinski definition) is 6. The Kier molecular flexibility index (Phi) is 8.97. The molecule has 0 radical (unpaired) electrons. The normalized spacial score (nSPS) is 11.9. The molecule has 4 aromatic carbocycles. The number of H-pyrrole nitrogens is 2. The first kappa shape index (κ1) is 36.9. The third kappa shape index (κ3) is 6.58. The summed E-state index contributed by atoms with van der Waals surface area (Å²) in [7, 11) is 0. The topological polar surface area (TPSA) is 109 Å². The molecule has 2 aliphatic rings. The summed E-state index contributed by atoms with van der Waals surface area (Å²) in [5.41, 5.74) is 19.4. The third-order valence-corrected chi connectivity index (χ3v) is 11.7. The molecular weight excluding hydrogens is 785 g/mol. The number of benzene rings is 4. The van der Waals surface area contributed by atoms with E-state index >= 15 is 0 Å². The summed E-state index contributed by atoms with van der Waals surface area (Å²) in [5, 5.41) is 0. The average Bonchev–Trinajstić information content (AvgIpc) is 4.21. The van der Waals surface area contributed by atoms with Crippen LogP contribution in [0.4, 0.5) is 0 Å². The Bertz CT molecular complexity index is 3600. The molecule has 12 rings (SSSR count). The van der Waals surface area contributed by atoms with E-state index in [-0.39, 0.29) is 0 Å². The van der Waals surface area contributed by atoms with Crippen molar-refractivity contribution in [2.45, 2.75) is 0 Å². The van der Waals surface area contributed by atoms with Crippen molar-refractivity contribution in [3.05, 3.63) is 205 Å². The fraction of sp³-hybridized carbons (Fsp3) is 0. The zero-order valence-electron chi connectivity index (χ0n) is 34.3. The number of pyridine rings is 2. The SMILES string of the molecule is C1=Cc2nc1c(-c1ccccc1)c1ccc([nH]1)c(-c1ccccc1)c1nc(c(-c3ccc4nc(-c5ccccn5)c(-c5ccccn5)nc4c3)c3ccc([nH]3)c2-c2ccccc2)C=C1. The first-order chi connectivity index (χ1) is 31.7. The van der Waals surface area contributed by atoms with Crippen LogP contribution >= 0.6 is 0 Å². The molecule has 8 nitrogen and oxygen atoms in total. The van der Waals surface area contributed by atoms with Crippen LogP contribution in [0.2, 0.25) is 0 Å². The predicted molar refractivity (Wildman–Crippen MR) is 260 cm³/mol. The lowest BCUT2D eigenvalue weighted by molar-refractivity contribution is 1.21. The summed E-state index contributed by atoms with van der Waals surface area (Å²) >= 11 is 0. The highest BCUT2D eigenvalue weighted by Gasteiger charge is 2.21. The van der Waals surface area contributed by atoms with Gasteiger partial charge in [-0.1, -0.05) is 109 Å². The van der Waals surface area contributed by atoms with Crippen LogP contribution in [0.15, 0.2) is 182 Å². The van der Waals surface area contributed by atoms with E-state index in [0.29, 0.717) is 11.4 Å². The number of rotatable bonds is 6. The van der Waals surface area contributed by atoms with Crippen molar-refractivity contribution in [1.82, 2.24) is 39.9 Å². The van der Waals surface area contributed by atoms with Crippen LogP contribution in [-0.2, 0) is 0 Å². The first-order valence-corrected chi connectivity index (χ1v) is 21.2. The molecule has 10 aromatic rings. The van der Waals surface area contributed by atoms with Gasteiger partial charge in [-0.15, -0.1) is 0 Å². The number of fused-ring (bicyclic) bond motifs is 9. The molecule has 0 unspecified atom stereocenters. The van der Waals surface area contributed by atoms with Crippen molar-refractivity contribution in [1.29, 1.82) is 0 Å². The highest BCUT2D eigenvalue weighted by molar-refractivity contribution is 6.01. The van der Waals surface area contributed by atoms with Gasteiger partial charge in [0.2, 0.25) is 0 Å². The lowest BCUT2D eigenvalue weighted by Crippen LogP contribution is -1.98. The summed E-state index contributed by atoms with van der Waals surface area (Å²) in [4.78, 5) is 38.4. The van der Waals surface area contributed by atoms with E-state index < -0.39 is 0 Å². The van der Waals surface area contributed by atoms with Gasteiger partial charge in [-0.3, -0.25) is 9.97 Å². The Hall–Kier alpha value is -8.88. The van der Waals surface area contributed by atoms with Crippen molar-refractivity contribution in [2.75, 3.05) is 0 Å². The molecule has 0 atom stereocenters. The van der Waals surface area contributed by atoms with Crippen LogP contribution in [0.5, 0.6) is 0 Å². The summed E-state index contributed by atoms with van der Waals surface area (Å²) in [6, 6.07) is 57.9. The van der Waals surface area contributed by atoms with Crippen molar-refractivity contribution in [3.8, 4) is 67.3 Å². The summed E-state index contributed by atoms with van der Waals surface area (Å²) in [6.07, 6.45) is 12.0. The molecule has 0 saturated heterocycles. The van der Waals surface area contributed by atoms with E-state index in [2.05, 4.69) is 153 Å². The molecule has 0 fully saturated rings. The minimum Gasteiger partial charge on any atom is -0.354 e. The van der Waals surface area contributed by atoms with Gasteiger partial charge in [-0.25, -0.2) is 19.9 Å². The Morgan fingerprint density at radius 2 is 0.672 bits per heavy atom. The number of aromatic amines is 2. The van der Waals surface area contributed by atoms with E-state index in [9.17, 15) is 0 Å². The molecule has 300 valence electrons. The van der Waals surface area contributed by atoms with Gasteiger partial charge in [0, 0.05) is 56.7 Å². The van der Waals surface area contributed by atoms with Crippen LogP contribution in [0.25, 0.3) is 125 Å². The smallest absolute Gasteiger partial charge is 0.117 e. The molecular formula is C56H36N8. The van der Waals surface area contributed by atoms with Crippen LogP contribution < -0.4 is 0 Å². The molecule has 64 heavy (non-hydrogen) atoms. The molecule has 8 heteroatoms.